The van der Waals surface area contributed by atoms with Gasteiger partial charge in [0.25, 0.3) is 11.5 Å². The van der Waals surface area contributed by atoms with Gasteiger partial charge in [-0.3, -0.25) is 9.59 Å². The summed E-state index contributed by atoms with van der Waals surface area (Å²) in [5, 5.41) is 6.49. The van der Waals surface area contributed by atoms with Crippen LogP contribution in [0.2, 0.25) is 0 Å². The van der Waals surface area contributed by atoms with Crippen molar-refractivity contribution in [3.8, 4) is 0 Å². The highest BCUT2D eigenvalue weighted by molar-refractivity contribution is 5.98. The average Bonchev–Trinajstić information content (AvgIpc) is 3.33. The summed E-state index contributed by atoms with van der Waals surface area (Å²) in [4.78, 5) is 31.1. The van der Waals surface area contributed by atoms with Crippen LogP contribution >= 0.6 is 0 Å². The lowest BCUT2D eigenvalue weighted by Crippen LogP contribution is -2.32. The van der Waals surface area contributed by atoms with Gasteiger partial charge in [-0.05, 0) is 87.4 Å². The molecule has 1 saturated carbocycles. The summed E-state index contributed by atoms with van der Waals surface area (Å²) in [5.74, 6) is -0.137. The number of pyridine rings is 1. The van der Waals surface area contributed by atoms with Gasteiger partial charge in [0, 0.05) is 54.7 Å². The van der Waals surface area contributed by atoms with Crippen molar-refractivity contribution < 1.29 is 4.79 Å². The first kappa shape index (κ1) is 24.3. The van der Waals surface area contributed by atoms with E-state index in [4.69, 9.17) is 0 Å². The van der Waals surface area contributed by atoms with Gasteiger partial charge in [-0.25, -0.2) is 0 Å². The fraction of sp³-hybridized carbons (Fsp3) is 0.500. The van der Waals surface area contributed by atoms with Crippen LogP contribution in [0.15, 0.2) is 29.1 Å². The zero-order chi connectivity index (χ0) is 24.4. The first-order valence-corrected chi connectivity index (χ1v) is 12.5. The number of anilines is 1. The third-order valence-electron chi connectivity index (χ3n) is 7.51. The summed E-state index contributed by atoms with van der Waals surface area (Å²) in [6.45, 7) is 9.07. The highest BCUT2D eigenvalue weighted by atomic mass is 16.1. The molecule has 2 aliphatic rings. The third-order valence-corrected chi connectivity index (χ3v) is 7.51. The second-order valence-electron chi connectivity index (χ2n) is 10.1. The SMILES string of the molecule is Cc1cc(C)c(CNC(=O)c2cc(C3=CCNC(C)C3)cc(N(C)C3CCCC3)c2C)c(=O)[nH]1. The fourth-order valence-corrected chi connectivity index (χ4v) is 5.44. The van der Waals surface area contributed by atoms with E-state index < -0.39 is 0 Å². The van der Waals surface area contributed by atoms with Gasteiger partial charge in [0.1, 0.15) is 0 Å². The van der Waals surface area contributed by atoms with Crippen LogP contribution in [-0.2, 0) is 6.54 Å². The van der Waals surface area contributed by atoms with E-state index >= 15 is 0 Å². The fourth-order valence-electron chi connectivity index (χ4n) is 5.44. The Bertz CT molecular complexity index is 1160. The molecule has 1 fully saturated rings. The minimum atomic E-state index is -0.140. The zero-order valence-corrected chi connectivity index (χ0v) is 21.2. The lowest BCUT2D eigenvalue weighted by atomic mass is 9.91. The molecule has 1 aromatic heterocycles. The largest absolute Gasteiger partial charge is 0.371 e. The first-order valence-electron chi connectivity index (χ1n) is 12.5. The normalized spacial score (nSPS) is 18.6. The summed E-state index contributed by atoms with van der Waals surface area (Å²) < 4.78 is 0. The van der Waals surface area contributed by atoms with Crippen molar-refractivity contribution in [3.63, 3.8) is 0 Å². The molecular weight excluding hydrogens is 424 g/mol. The molecule has 3 N–H and O–H groups in total. The van der Waals surface area contributed by atoms with Crippen LogP contribution in [0.4, 0.5) is 5.69 Å². The van der Waals surface area contributed by atoms with E-state index in [1.54, 1.807) is 0 Å². The highest BCUT2D eigenvalue weighted by Crippen LogP contribution is 2.34. The number of aryl methyl sites for hydroxylation is 2. The number of H-pyrrole nitrogens is 1. The molecule has 34 heavy (non-hydrogen) atoms. The summed E-state index contributed by atoms with van der Waals surface area (Å²) in [6, 6.07) is 7.16. The van der Waals surface area contributed by atoms with Crippen molar-refractivity contribution in [2.75, 3.05) is 18.5 Å². The number of aromatic nitrogens is 1. The van der Waals surface area contributed by atoms with Crippen LogP contribution in [0.1, 0.15) is 77.3 Å². The van der Waals surface area contributed by atoms with Crippen LogP contribution < -0.4 is 21.1 Å². The van der Waals surface area contributed by atoms with Crippen molar-refractivity contribution in [1.82, 2.24) is 15.6 Å². The molecule has 182 valence electrons. The molecule has 1 atom stereocenters. The van der Waals surface area contributed by atoms with Gasteiger partial charge < -0.3 is 20.5 Å². The highest BCUT2D eigenvalue weighted by Gasteiger charge is 2.25. The Morgan fingerprint density at radius 3 is 2.56 bits per heavy atom. The molecule has 0 bridgehead atoms. The van der Waals surface area contributed by atoms with E-state index in [1.165, 1.54) is 31.3 Å². The Morgan fingerprint density at radius 1 is 1.15 bits per heavy atom. The standard InChI is InChI=1S/C28H38N4O2/c1-17-12-19(3)31-28(34)25(17)16-30-27(33)24-14-22(21-10-11-29-18(2)13-21)15-26(20(24)4)32(5)23-8-6-7-9-23/h10,12,14-15,18,23,29H,6-9,11,13,16H2,1-5H3,(H,30,33)(H,31,34). The maximum Gasteiger partial charge on any atom is 0.253 e. The topological polar surface area (TPSA) is 77.2 Å². The monoisotopic (exact) mass is 462 g/mol. The Morgan fingerprint density at radius 2 is 1.88 bits per heavy atom. The summed E-state index contributed by atoms with van der Waals surface area (Å²) >= 11 is 0. The average molecular weight is 463 g/mol. The molecule has 6 heteroatoms. The van der Waals surface area contributed by atoms with Crippen molar-refractivity contribution in [2.24, 2.45) is 0 Å². The van der Waals surface area contributed by atoms with Crippen molar-refractivity contribution >= 4 is 17.2 Å². The predicted molar refractivity (Wildman–Crippen MR) is 140 cm³/mol. The zero-order valence-electron chi connectivity index (χ0n) is 21.2. The van der Waals surface area contributed by atoms with E-state index in [9.17, 15) is 9.59 Å². The van der Waals surface area contributed by atoms with Crippen molar-refractivity contribution in [1.29, 1.82) is 0 Å². The first-order chi connectivity index (χ1) is 16.2. The summed E-state index contributed by atoms with van der Waals surface area (Å²) in [6.07, 6.45) is 8.09. The van der Waals surface area contributed by atoms with Crippen LogP contribution in [0.25, 0.3) is 5.57 Å². The second kappa shape index (κ2) is 10.2. The van der Waals surface area contributed by atoms with E-state index in [0.717, 1.165) is 41.0 Å². The van der Waals surface area contributed by atoms with Gasteiger partial charge in [0.05, 0.1) is 0 Å². The van der Waals surface area contributed by atoms with Gasteiger partial charge in [-0.2, -0.15) is 0 Å². The van der Waals surface area contributed by atoms with E-state index in [-0.39, 0.29) is 18.0 Å². The number of nitrogens with zero attached hydrogens (tertiary/aromatic N) is 1. The van der Waals surface area contributed by atoms with Crippen LogP contribution in [0, 0.1) is 20.8 Å². The molecular formula is C28H38N4O2. The quantitative estimate of drug-likeness (QED) is 0.596. The maximum absolute atomic E-state index is 13.5. The third kappa shape index (κ3) is 5.12. The second-order valence-corrected chi connectivity index (χ2v) is 10.1. The number of amides is 1. The summed E-state index contributed by atoms with van der Waals surface area (Å²) in [7, 11) is 2.17. The van der Waals surface area contributed by atoms with E-state index in [1.807, 2.05) is 32.9 Å². The number of hydrogen-bond donors (Lipinski definition) is 3. The molecule has 1 unspecified atom stereocenters. The Labute approximate surface area is 202 Å². The maximum atomic E-state index is 13.5. The molecule has 2 heterocycles. The van der Waals surface area contributed by atoms with Crippen LogP contribution in [0.5, 0.6) is 0 Å². The minimum Gasteiger partial charge on any atom is -0.371 e. The molecule has 0 saturated heterocycles. The Balaban J connectivity index is 1.68. The molecule has 1 amide bonds. The number of benzene rings is 1. The number of rotatable bonds is 6. The number of aromatic amines is 1. The molecule has 0 spiro atoms. The van der Waals surface area contributed by atoms with Gasteiger partial charge in [-0.15, -0.1) is 0 Å². The van der Waals surface area contributed by atoms with E-state index in [0.29, 0.717) is 23.2 Å². The molecule has 4 rings (SSSR count). The van der Waals surface area contributed by atoms with Gasteiger partial charge in [-0.1, -0.05) is 18.9 Å². The molecule has 6 nitrogen and oxygen atoms in total. The molecule has 2 aromatic rings. The van der Waals surface area contributed by atoms with Crippen LogP contribution in [0.3, 0.4) is 0 Å². The van der Waals surface area contributed by atoms with Gasteiger partial charge >= 0.3 is 0 Å². The van der Waals surface area contributed by atoms with Crippen molar-refractivity contribution in [2.45, 2.75) is 78.4 Å². The smallest absolute Gasteiger partial charge is 0.253 e. The Kier molecular flexibility index (Phi) is 7.27. The van der Waals surface area contributed by atoms with Crippen molar-refractivity contribution in [3.05, 3.63) is 68.1 Å². The lowest BCUT2D eigenvalue weighted by molar-refractivity contribution is 0.0950. The number of nitrogens with one attached hydrogen (secondary N) is 3. The number of hydrogen-bond acceptors (Lipinski definition) is 4. The minimum absolute atomic E-state index is 0.137. The number of carbonyl (C=O) groups is 1. The van der Waals surface area contributed by atoms with Crippen LogP contribution in [-0.4, -0.2) is 36.6 Å². The lowest BCUT2D eigenvalue weighted by Gasteiger charge is -2.30. The van der Waals surface area contributed by atoms with Gasteiger partial charge in [0.15, 0.2) is 0 Å². The molecule has 0 radical (unpaired) electrons. The number of carbonyl (C=O) groups excluding carboxylic acids is 1. The molecule has 1 aliphatic carbocycles. The summed E-state index contributed by atoms with van der Waals surface area (Å²) in [5.41, 5.74) is 7.39. The Hall–Kier alpha value is -2.86. The molecule has 1 aliphatic heterocycles. The molecule has 1 aromatic carbocycles. The predicted octanol–water partition coefficient (Wildman–Crippen LogP) is 4.37. The van der Waals surface area contributed by atoms with Gasteiger partial charge in [0.2, 0.25) is 0 Å². The van der Waals surface area contributed by atoms with E-state index in [2.05, 4.69) is 46.6 Å².